The van der Waals surface area contributed by atoms with E-state index in [4.69, 9.17) is 0 Å². The lowest BCUT2D eigenvalue weighted by Crippen LogP contribution is -2.64. The zero-order valence-corrected chi connectivity index (χ0v) is 17.6. The van der Waals surface area contributed by atoms with E-state index in [1.807, 2.05) is 30.3 Å². The Hall–Kier alpha value is -2.96. The predicted octanol–water partition coefficient (Wildman–Crippen LogP) is 3.94. The maximum atomic E-state index is 13.4. The van der Waals surface area contributed by atoms with Crippen molar-refractivity contribution in [2.75, 3.05) is 11.9 Å². The number of aromatic nitrogens is 1. The number of rotatable bonds is 4. The lowest BCUT2D eigenvalue weighted by atomic mass is 9.90. The van der Waals surface area contributed by atoms with Crippen LogP contribution < -0.4 is 5.32 Å². The molecule has 2 unspecified atom stereocenters. The van der Waals surface area contributed by atoms with Crippen LogP contribution in [-0.2, 0) is 9.59 Å². The van der Waals surface area contributed by atoms with Gasteiger partial charge in [0.1, 0.15) is 6.54 Å². The summed E-state index contributed by atoms with van der Waals surface area (Å²) in [5.41, 5.74) is 1.54. The Morgan fingerprint density at radius 1 is 1.03 bits per heavy atom. The van der Waals surface area contributed by atoms with E-state index in [2.05, 4.69) is 10.3 Å². The van der Waals surface area contributed by atoms with Crippen molar-refractivity contribution in [3.05, 3.63) is 36.5 Å². The minimum absolute atomic E-state index is 0.0157. The van der Waals surface area contributed by atoms with Crippen LogP contribution >= 0.6 is 0 Å². The molecule has 2 aliphatic carbocycles. The van der Waals surface area contributed by atoms with Gasteiger partial charge in [0.25, 0.3) is 0 Å². The largest absolute Gasteiger partial charge is 0.327 e. The second-order valence-electron chi connectivity index (χ2n) is 8.97. The van der Waals surface area contributed by atoms with Gasteiger partial charge in [0, 0.05) is 29.4 Å². The Kier molecular flexibility index (Phi) is 5.34. The molecule has 0 spiro atoms. The quantitative estimate of drug-likeness (QED) is 0.812. The molecule has 162 valence electrons. The SMILES string of the molecule is O=C(CN1C(=O)N(C2CCCCC2)C(=O)C2CCCC21)Nc1ccc2ncccc2c1. The average molecular weight is 421 g/mol. The number of anilines is 1. The Morgan fingerprint density at radius 3 is 2.71 bits per heavy atom. The fourth-order valence-electron chi connectivity index (χ4n) is 5.52. The number of benzene rings is 1. The van der Waals surface area contributed by atoms with Crippen LogP contribution in [-0.4, -0.2) is 51.3 Å². The summed E-state index contributed by atoms with van der Waals surface area (Å²) in [6.45, 7) is -0.0262. The van der Waals surface area contributed by atoms with Gasteiger partial charge in [0.2, 0.25) is 11.8 Å². The molecule has 7 nitrogen and oxygen atoms in total. The van der Waals surface area contributed by atoms with Gasteiger partial charge in [-0.25, -0.2) is 4.79 Å². The van der Waals surface area contributed by atoms with Crippen molar-refractivity contribution in [3.8, 4) is 0 Å². The summed E-state index contributed by atoms with van der Waals surface area (Å²) >= 11 is 0. The summed E-state index contributed by atoms with van der Waals surface area (Å²) in [5, 5.41) is 3.87. The zero-order chi connectivity index (χ0) is 21.4. The van der Waals surface area contributed by atoms with Crippen LogP contribution in [0.25, 0.3) is 10.9 Å². The Labute approximate surface area is 181 Å². The first kappa shape index (κ1) is 20.0. The summed E-state index contributed by atoms with van der Waals surface area (Å²) < 4.78 is 0. The molecular weight excluding hydrogens is 392 g/mol. The molecule has 1 aromatic carbocycles. The second kappa shape index (κ2) is 8.29. The van der Waals surface area contributed by atoms with E-state index in [9.17, 15) is 14.4 Å². The molecule has 0 bridgehead atoms. The molecular formula is C24H28N4O3. The van der Waals surface area contributed by atoms with Crippen molar-refractivity contribution in [1.29, 1.82) is 0 Å². The second-order valence-corrected chi connectivity index (χ2v) is 8.97. The number of carbonyl (C=O) groups excluding carboxylic acids is 3. The number of carbonyl (C=O) groups is 3. The lowest BCUT2D eigenvalue weighted by molar-refractivity contribution is -0.141. The number of fused-ring (bicyclic) bond motifs is 2. The highest BCUT2D eigenvalue weighted by Crippen LogP contribution is 2.38. The Bertz CT molecular complexity index is 1020. The summed E-state index contributed by atoms with van der Waals surface area (Å²) in [7, 11) is 0. The smallest absolute Gasteiger partial charge is 0.325 e. The minimum atomic E-state index is -0.280. The van der Waals surface area contributed by atoms with Crippen LogP contribution in [0.4, 0.5) is 10.5 Å². The van der Waals surface area contributed by atoms with Gasteiger partial charge < -0.3 is 10.2 Å². The van der Waals surface area contributed by atoms with Gasteiger partial charge in [-0.15, -0.1) is 0 Å². The van der Waals surface area contributed by atoms with Crippen molar-refractivity contribution < 1.29 is 14.4 Å². The zero-order valence-electron chi connectivity index (χ0n) is 17.6. The van der Waals surface area contributed by atoms with Crippen molar-refractivity contribution in [2.24, 2.45) is 5.92 Å². The summed E-state index contributed by atoms with van der Waals surface area (Å²) in [4.78, 5) is 46.9. The number of hydrogen-bond donors (Lipinski definition) is 1. The van der Waals surface area contributed by atoms with Crippen molar-refractivity contribution in [3.63, 3.8) is 0 Å². The third-order valence-corrected chi connectivity index (χ3v) is 7.03. The van der Waals surface area contributed by atoms with Gasteiger partial charge in [0.05, 0.1) is 11.4 Å². The van der Waals surface area contributed by atoms with E-state index in [-0.39, 0.29) is 42.4 Å². The Morgan fingerprint density at radius 2 is 1.87 bits per heavy atom. The molecule has 3 aliphatic rings. The topological polar surface area (TPSA) is 82.6 Å². The van der Waals surface area contributed by atoms with E-state index in [1.54, 1.807) is 11.1 Å². The third kappa shape index (κ3) is 3.77. The molecule has 0 radical (unpaired) electrons. The molecule has 2 heterocycles. The highest BCUT2D eigenvalue weighted by molar-refractivity contribution is 6.02. The van der Waals surface area contributed by atoms with E-state index in [0.717, 1.165) is 62.3 Å². The van der Waals surface area contributed by atoms with E-state index >= 15 is 0 Å². The van der Waals surface area contributed by atoms with Gasteiger partial charge in [-0.1, -0.05) is 31.7 Å². The molecule has 5 rings (SSSR count). The number of nitrogens with zero attached hydrogens (tertiary/aromatic N) is 3. The first-order valence-corrected chi connectivity index (χ1v) is 11.4. The molecule has 2 atom stereocenters. The molecule has 1 aromatic heterocycles. The first-order chi connectivity index (χ1) is 15.1. The van der Waals surface area contributed by atoms with Crippen LogP contribution in [0, 0.1) is 5.92 Å². The van der Waals surface area contributed by atoms with Crippen molar-refractivity contribution in [2.45, 2.75) is 63.5 Å². The average Bonchev–Trinajstić information content (AvgIpc) is 3.28. The van der Waals surface area contributed by atoms with Crippen LogP contribution in [0.15, 0.2) is 36.5 Å². The Balaban J connectivity index is 1.34. The summed E-state index contributed by atoms with van der Waals surface area (Å²) in [5.74, 6) is -0.419. The first-order valence-electron chi connectivity index (χ1n) is 11.4. The van der Waals surface area contributed by atoms with Crippen molar-refractivity contribution in [1.82, 2.24) is 14.8 Å². The molecule has 1 N–H and O–H groups in total. The number of pyridine rings is 1. The normalized spacial score (nSPS) is 24.5. The summed E-state index contributed by atoms with van der Waals surface area (Å²) in [6, 6.07) is 8.92. The van der Waals surface area contributed by atoms with E-state index in [1.165, 1.54) is 4.90 Å². The maximum absolute atomic E-state index is 13.4. The number of nitrogens with one attached hydrogen (secondary N) is 1. The monoisotopic (exact) mass is 420 g/mol. The number of imide groups is 1. The molecule has 2 aromatic rings. The molecule has 4 amide bonds. The van der Waals surface area contributed by atoms with Crippen LogP contribution in [0.5, 0.6) is 0 Å². The fraction of sp³-hybridized carbons (Fsp3) is 0.500. The molecule has 31 heavy (non-hydrogen) atoms. The van der Waals surface area contributed by atoms with Gasteiger partial charge in [-0.2, -0.15) is 0 Å². The van der Waals surface area contributed by atoms with Crippen LogP contribution in [0.1, 0.15) is 51.4 Å². The standard InChI is InChI=1S/C24H28N4O3/c29-22(26-17-11-12-20-16(14-17)6-5-13-25-20)15-27-21-10-4-9-19(21)23(30)28(24(27)31)18-7-2-1-3-8-18/h5-6,11-14,18-19,21H,1-4,7-10,15H2,(H,26,29). The molecule has 7 heteroatoms. The molecule has 2 saturated carbocycles. The lowest BCUT2D eigenvalue weighted by Gasteiger charge is -2.45. The molecule has 1 aliphatic heterocycles. The highest BCUT2D eigenvalue weighted by Gasteiger charge is 2.50. The summed E-state index contributed by atoms with van der Waals surface area (Å²) in [6.07, 6.45) is 9.25. The maximum Gasteiger partial charge on any atom is 0.327 e. The highest BCUT2D eigenvalue weighted by atomic mass is 16.2. The van der Waals surface area contributed by atoms with Gasteiger partial charge >= 0.3 is 6.03 Å². The van der Waals surface area contributed by atoms with Crippen LogP contribution in [0.2, 0.25) is 0 Å². The van der Waals surface area contributed by atoms with Gasteiger partial charge in [0.15, 0.2) is 0 Å². The van der Waals surface area contributed by atoms with Gasteiger partial charge in [-0.05, 0) is 49.9 Å². The minimum Gasteiger partial charge on any atom is -0.325 e. The number of urea groups is 1. The number of amides is 4. The van der Waals surface area contributed by atoms with Crippen LogP contribution in [0.3, 0.4) is 0 Å². The van der Waals surface area contributed by atoms with E-state index < -0.39 is 0 Å². The van der Waals surface area contributed by atoms with Gasteiger partial charge in [-0.3, -0.25) is 19.5 Å². The molecule has 3 fully saturated rings. The predicted molar refractivity (Wildman–Crippen MR) is 117 cm³/mol. The third-order valence-electron chi connectivity index (χ3n) is 7.03. The van der Waals surface area contributed by atoms with Crippen molar-refractivity contribution >= 4 is 34.4 Å². The molecule has 1 saturated heterocycles. The number of hydrogen-bond acceptors (Lipinski definition) is 4. The van der Waals surface area contributed by atoms with E-state index in [0.29, 0.717) is 5.69 Å². The fourth-order valence-corrected chi connectivity index (χ4v) is 5.52.